The van der Waals surface area contributed by atoms with Gasteiger partial charge in [-0.25, -0.2) is 9.18 Å². The Labute approximate surface area is 283 Å². The van der Waals surface area contributed by atoms with Crippen molar-refractivity contribution in [1.29, 1.82) is 0 Å². The molecule has 2 heterocycles. The van der Waals surface area contributed by atoms with Crippen molar-refractivity contribution in [3.8, 4) is 17.6 Å². The molecule has 1 saturated heterocycles. The van der Waals surface area contributed by atoms with Crippen molar-refractivity contribution in [3.63, 3.8) is 0 Å². The highest BCUT2D eigenvalue weighted by atomic mass is 32.1. The second-order valence-corrected chi connectivity index (χ2v) is 18.1. The molecule has 48 heavy (non-hydrogen) atoms. The fourth-order valence-electron chi connectivity index (χ4n) is 5.46. The Hall–Kier alpha value is -3.26. The lowest BCUT2D eigenvalue weighted by Crippen LogP contribution is -2.46. The summed E-state index contributed by atoms with van der Waals surface area (Å²) in [6.45, 7) is 9.24. The molecule has 2 aliphatic rings. The van der Waals surface area contributed by atoms with Gasteiger partial charge in [-0.05, 0) is 95.6 Å². The molecule has 2 aromatic carbocycles. The van der Waals surface area contributed by atoms with E-state index < -0.39 is 43.6 Å². The van der Waals surface area contributed by atoms with E-state index >= 15 is 0 Å². The van der Waals surface area contributed by atoms with Gasteiger partial charge in [-0.3, -0.25) is 4.90 Å². The van der Waals surface area contributed by atoms with E-state index in [0.717, 1.165) is 24.2 Å². The molecule has 2 fully saturated rings. The zero-order valence-corrected chi connectivity index (χ0v) is 29.8. The molecule has 5 rings (SSSR count). The van der Waals surface area contributed by atoms with Gasteiger partial charge in [-0.15, -0.1) is 11.3 Å². The van der Waals surface area contributed by atoms with Crippen LogP contribution in [0.2, 0.25) is 0 Å². The quantitative estimate of drug-likeness (QED) is 0.145. The maximum absolute atomic E-state index is 14.9. The number of piperidine rings is 1. The number of carbonyl (C=O) groups excluding carboxylic acids is 1. The van der Waals surface area contributed by atoms with Gasteiger partial charge in [0.1, 0.15) is 24.7 Å². The molecule has 1 aliphatic heterocycles. The highest BCUT2D eigenvalue weighted by Crippen LogP contribution is 2.42. The fraction of sp³-hybridized carbons (Fsp3) is 0.514. The molecular formula is C35H42F4N3O4PS. The minimum Gasteiger partial charge on any atom is -0.488 e. The van der Waals surface area contributed by atoms with Crippen LogP contribution in [0.25, 0.3) is 10.1 Å². The maximum atomic E-state index is 14.9. The summed E-state index contributed by atoms with van der Waals surface area (Å²) in [5.41, 5.74) is 0.114. The van der Waals surface area contributed by atoms with Gasteiger partial charge in [0.05, 0.1) is 46.1 Å². The summed E-state index contributed by atoms with van der Waals surface area (Å²) in [6.07, 6.45) is -5.31. The number of fused-ring (bicyclic) bond motifs is 1. The van der Waals surface area contributed by atoms with Crippen molar-refractivity contribution in [2.24, 2.45) is 0 Å². The second kappa shape index (κ2) is 13.9. The van der Waals surface area contributed by atoms with Gasteiger partial charge in [0.25, 0.3) is 0 Å². The van der Waals surface area contributed by atoms with Crippen LogP contribution in [0, 0.1) is 11.8 Å². The van der Waals surface area contributed by atoms with Crippen molar-refractivity contribution in [3.05, 3.63) is 46.8 Å². The number of thiophene rings is 1. The molecule has 0 unspecified atom stereocenters. The molecule has 0 spiro atoms. The molecule has 1 aliphatic carbocycles. The van der Waals surface area contributed by atoms with E-state index in [-0.39, 0.29) is 29.6 Å². The molecule has 2 atom stereocenters. The van der Waals surface area contributed by atoms with Gasteiger partial charge in [-0.2, -0.15) is 13.2 Å². The second-order valence-electron chi connectivity index (χ2n) is 13.9. The predicted molar refractivity (Wildman–Crippen MR) is 186 cm³/mol. The third kappa shape index (κ3) is 9.25. The van der Waals surface area contributed by atoms with E-state index in [4.69, 9.17) is 9.47 Å². The molecule has 7 nitrogen and oxygen atoms in total. The van der Waals surface area contributed by atoms with E-state index in [1.807, 2.05) is 11.9 Å². The third-order valence-electron chi connectivity index (χ3n) is 8.01. The minimum atomic E-state index is -4.50. The number of benzene rings is 2. The normalized spacial score (nSPS) is 19.0. The number of nitrogens with zero attached hydrogens (tertiary/aromatic N) is 2. The number of hydrogen-bond acceptors (Lipinski definition) is 7. The first-order valence-electron chi connectivity index (χ1n) is 15.9. The SMILES string of the molecule is CN1CC[C@@H](Nc2cccc3c(CC(F)(F)F)c(C#CCN(C(=O)OC(C)(C)C)c4ccc(P(C)(C)=O)cc4OC4CC4)sc23)[C@@H](F)C1. The Morgan fingerprint density at radius 3 is 2.50 bits per heavy atom. The van der Waals surface area contributed by atoms with Crippen LogP contribution in [-0.2, 0) is 15.7 Å². The zero-order valence-electron chi connectivity index (χ0n) is 28.0. The highest BCUT2D eigenvalue weighted by molar-refractivity contribution is 7.70. The van der Waals surface area contributed by atoms with E-state index in [2.05, 4.69) is 17.2 Å². The molecule has 0 radical (unpaired) electrons. The number of amides is 1. The van der Waals surface area contributed by atoms with Gasteiger partial charge in [-0.1, -0.05) is 24.0 Å². The van der Waals surface area contributed by atoms with Crippen molar-refractivity contribution >= 4 is 51.3 Å². The van der Waals surface area contributed by atoms with Crippen LogP contribution >= 0.6 is 18.5 Å². The Balaban J connectivity index is 1.53. The molecule has 0 bridgehead atoms. The monoisotopic (exact) mass is 707 g/mol. The van der Waals surface area contributed by atoms with Crippen molar-refractivity contribution in [2.45, 2.75) is 76.5 Å². The lowest BCUT2D eigenvalue weighted by Gasteiger charge is -2.33. The summed E-state index contributed by atoms with van der Waals surface area (Å²) in [5.74, 6) is 6.21. The number of hydrogen-bond donors (Lipinski definition) is 1. The van der Waals surface area contributed by atoms with Gasteiger partial charge in [0.15, 0.2) is 0 Å². The van der Waals surface area contributed by atoms with Gasteiger partial charge >= 0.3 is 12.3 Å². The third-order valence-corrected chi connectivity index (χ3v) is 10.7. The van der Waals surface area contributed by atoms with Crippen LogP contribution in [0.3, 0.4) is 0 Å². The minimum absolute atomic E-state index is 0.0337. The number of likely N-dealkylation sites (tertiary alicyclic amines) is 1. The Bertz CT molecular complexity index is 1770. The van der Waals surface area contributed by atoms with Crippen LogP contribution < -0.4 is 20.3 Å². The maximum Gasteiger partial charge on any atom is 0.415 e. The Kier molecular flexibility index (Phi) is 10.5. The summed E-state index contributed by atoms with van der Waals surface area (Å²) < 4.78 is 81.8. The van der Waals surface area contributed by atoms with Gasteiger partial charge in [0, 0.05) is 18.4 Å². The smallest absolute Gasteiger partial charge is 0.415 e. The largest absolute Gasteiger partial charge is 0.488 e. The van der Waals surface area contributed by atoms with E-state index in [0.29, 0.717) is 45.5 Å². The van der Waals surface area contributed by atoms with E-state index in [9.17, 15) is 26.9 Å². The van der Waals surface area contributed by atoms with Crippen molar-refractivity contribution in [1.82, 2.24) is 4.90 Å². The summed E-state index contributed by atoms with van der Waals surface area (Å²) in [6, 6.07) is 9.57. The summed E-state index contributed by atoms with van der Waals surface area (Å²) in [4.78, 5) is 17.0. The summed E-state index contributed by atoms with van der Waals surface area (Å²) in [5, 5.41) is 4.24. The zero-order chi connectivity index (χ0) is 35.0. The summed E-state index contributed by atoms with van der Waals surface area (Å²) in [7, 11) is -0.805. The van der Waals surface area contributed by atoms with Crippen molar-refractivity contribution < 1.29 is 36.4 Å². The molecule has 13 heteroatoms. The Morgan fingerprint density at radius 1 is 1.15 bits per heavy atom. The number of alkyl halides is 4. The number of rotatable bonds is 8. The number of anilines is 2. The number of halogens is 4. The highest BCUT2D eigenvalue weighted by Gasteiger charge is 2.33. The standard InChI is InChI=1S/C35H42F4N3O4PS/c1-34(2,3)46-33(43)42(29-15-14-23(47(5,6)44)19-30(29)45-22-12-13-22)17-8-11-31-25(20-35(37,38)39)24-9-7-10-28(32(24)48-31)40-27-16-18-41(4)21-26(27)36/h7,9-10,14-15,19,22,26-27,40H,12-13,16-18,20-21H2,1-6H3/t26-,27+/m0/s1. The van der Waals surface area contributed by atoms with Crippen LogP contribution in [0.5, 0.6) is 5.75 Å². The van der Waals surface area contributed by atoms with Crippen molar-refractivity contribution in [2.75, 3.05) is 50.2 Å². The van der Waals surface area contributed by atoms with Crippen LogP contribution in [0.1, 0.15) is 50.5 Å². The topological polar surface area (TPSA) is 71.1 Å². The van der Waals surface area contributed by atoms with Gasteiger partial charge in [0.2, 0.25) is 0 Å². The lowest BCUT2D eigenvalue weighted by molar-refractivity contribution is -0.126. The lowest BCUT2D eigenvalue weighted by atomic mass is 10.0. The van der Waals surface area contributed by atoms with E-state index in [1.165, 1.54) is 4.90 Å². The van der Waals surface area contributed by atoms with Gasteiger partial charge < -0.3 is 24.3 Å². The molecule has 3 aromatic rings. The van der Waals surface area contributed by atoms with Crippen LogP contribution in [-0.4, -0.2) is 81.1 Å². The first-order valence-corrected chi connectivity index (χ1v) is 19.4. The molecule has 1 N–H and O–H groups in total. The molecule has 1 aromatic heterocycles. The first-order chi connectivity index (χ1) is 22.4. The fourth-order valence-corrected chi connectivity index (χ4v) is 7.50. The first kappa shape index (κ1) is 36.0. The predicted octanol–water partition coefficient (Wildman–Crippen LogP) is 8.04. The summed E-state index contributed by atoms with van der Waals surface area (Å²) >= 11 is 1.11. The number of carbonyl (C=O) groups is 1. The average Bonchev–Trinajstić information content (AvgIpc) is 3.71. The molecule has 1 amide bonds. The number of ether oxygens (including phenoxy) is 2. The van der Waals surface area contributed by atoms with Crippen LogP contribution in [0.4, 0.5) is 33.7 Å². The number of nitrogens with one attached hydrogen (secondary N) is 1. The molecular weight excluding hydrogens is 665 g/mol. The molecule has 260 valence electrons. The van der Waals surface area contributed by atoms with E-state index in [1.54, 1.807) is 70.5 Å². The Morgan fingerprint density at radius 2 is 1.88 bits per heavy atom. The van der Waals surface area contributed by atoms with Crippen LogP contribution in [0.15, 0.2) is 36.4 Å². The average molecular weight is 708 g/mol. The molecule has 1 saturated carbocycles.